The van der Waals surface area contributed by atoms with Crippen molar-refractivity contribution in [1.29, 1.82) is 0 Å². The highest BCUT2D eigenvalue weighted by Crippen LogP contribution is 2.20. The molecule has 1 rings (SSSR count). The second kappa shape index (κ2) is 6.02. The van der Waals surface area contributed by atoms with Gasteiger partial charge in [-0.3, -0.25) is 0 Å². The Morgan fingerprint density at radius 3 is 2.29 bits per heavy atom. The van der Waals surface area contributed by atoms with Gasteiger partial charge in [0.25, 0.3) is 0 Å². The van der Waals surface area contributed by atoms with Crippen LogP contribution in [-0.2, 0) is 0 Å². The number of rotatable bonds is 4. The Hall–Kier alpha value is 0.310. The molecule has 0 radical (unpaired) electrons. The van der Waals surface area contributed by atoms with Crippen LogP contribution >= 0.6 is 12.6 Å². The second-order valence-corrected chi connectivity index (χ2v) is 5.53. The average Bonchev–Trinajstić information content (AvgIpc) is 2.16. The predicted molar refractivity (Wildman–Crippen MR) is 67.0 cm³/mol. The van der Waals surface area contributed by atoms with Crippen molar-refractivity contribution in [3.05, 3.63) is 0 Å². The molecule has 0 aromatic heterocycles. The lowest BCUT2D eigenvalue weighted by molar-refractivity contribution is 0.158. The molecule has 0 spiro atoms. The van der Waals surface area contributed by atoms with Gasteiger partial charge in [0.2, 0.25) is 0 Å². The van der Waals surface area contributed by atoms with Crippen molar-refractivity contribution in [2.75, 3.05) is 25.4 Å². The predicted octanol–water partition coefficient (Wildman–Crippen LogP) is 2.92. The van der Waals surface area contributed by atoms with Crippen LogP contribution in [0.4, 0.5) is 0 Å². The smallest absolute Gasteiger partial charge is 0.00199 e. The van der Waals surface area contributed by atoms with E-state index in [1.807, 2.05) is 0 Å². The molecule has 1 fully saturated rings. The second-order valence-electron chi connectivity index (χ2n) is 5.17. The number of nitrogens with zero attached hydrogens (tertiary/aromatic N) is 1. The Morgan fingerprint density at radius 1 is 1.29 bits per heavy atom. The van der Waals surface area contributed by atoms with Gasteiger partial charge >= 0.3 is 0 Å². The first-order valence-corrected chi connectivity index (χ1v) is 6.60. The van der Waals surface area contributed by atoms with E-state index >= 15 is 0 Å². The highest BCUT2D eigenvalue weighted by atomic mass is 32.1. The fourth-order valence-electron chi connectivity index (χ4n) is 2.06. The van der Waals surface area contributed by atoms with E-state index in [-0.39, 0.29) is 0 Å². The molecule has 2 heteroatoms. The van der Waals surface area contributed by atoms with Gasteiger partial charge in [0.1, 0.15) is 0 Å². The lowest BCUT2D eigenvalue weighted by Gasteiger charge is -2.33. The van der Waals surface area contributed by atoms with E-state index < -0.39 is 0 Å². The Balaban J connectivity index is 2.29. The Morgan fingerprint density at radius 2 is 1.86 bits per heavy atom. The maximum absolute atomic E-state index is 4.45. The zero-order chi connectivity index (χ0) is 10.6. The Bertz CT molecular complexity index is 150. The lowest BCUT2D eigenvalue weighted by Crippen LogP contribution is -2.38. The maximum Gasteiger partial charge on any atom is 0.00199 e. The fourth-order valence-corrected chi connectivity index (χ4v) is 2.59. The summed E-state index contributed by atoms with van der Waals surface area (Å²) in [4.78, 5) is 2.63. The van der Waals surface area contributed by atoms with E-state index in [9.17, 15) is 0 Å². The summed E-state index contributed by atoms with van der Waals surface area (Å²) in [6.07, 6.45) is 2.77. The lowest BCUT2D eigenvalue weighted by atomic mass is 9.94. The van der Waals surface area contributed by atoms with Crippen LogP contribution in [0.15, 0.2) is 0 Å². The molecule has 84 valence electrons. The molecule has 0 aliphatic carbocycles. The molecule has 1 aliphatic rings. The number of thiol groups is 1. The van der Waals surface area contributed by atoms with Gasteiger partial charge in [-0.05, 0) is 49.4 Å². The molecule has 0 bridgehead atoms. The van der Waals surface area contributed by atoms with Gasteiger partial charge in [0, 0.05) is 6.54 Å². The molecular formula is C12H25NS. The zero-order valence-corrected chi connectivity index (χ0v) is 10.8. The van der Waals surface area contributed by atoms with Crippen molar-refractivity contribution < 1.29 is 0 Å². The molecule has 1 aliphatic heterocycles. The normalized spacial score (nSPS) is 22.9. The molecular weight excluding hydrogens is 190 g/mol. The first kappa shape index (κ1) is 12.4. The molecule has 14 heavy (non-hydrogen) atoms. The van der Waals surface area contributed by atoms with Crippen LogP contribution in [0, 0.1) is 17.8 Å². The molecule has 1 saturated heterocycles. The highest BCUT2D eigenvalue weighted by molar-refractivity contribution is 7.80. The first-order chi connectivity index (χ1) is 6.63. The Labute approximate surface area is 94.7 Å². The SMILES string of the molecule is CC1CCN(CC(CS)C(C)C)CC1. The standard InChI is InChI=1S/C12H25NS/c1-10(2)12(9-14)8-13-6-4-11(3)5-7-13/h10-12,14H,4-9H2,1-3H3. The third kappa shape index (κ3) is 3.82. The van der Waals surface area contributed by atoms with Crippen molar-refractivity contribution >= 4 is 12.6 Å². The van der Waals surface area contributed by atoms with E-state index in [4.69, 9.17) is 0 Å². The quantitative estimate of drug-likeness (QED) is 0.706. The van der Waals surface area contributed by atoms with E-state index in [1.165, 1.54) is 32.5 Å². The summed E-state index contributed by atoms with van der Waals surface area (Å²) >= 11 is 4.45. The minimum absolute atomic E-state index is 0.770. The van der Waals surface area contributed by atoms with Gasteiger partial charge in [-0.25, -0.2) is 0 Å². The van der Waals surface area contributed by atoms with Gasteiger partial charge in [-0.15, -0.1) is 0 Å². The molecule has 0 aromatic rings. The number of piperidine rings is 1. The van der Waals surface area contributed by atoms with E-state index in [0.717, 1.165) is 23.5 Å². The van der Waals surface area contributed by atoms with Crippen molar-refractivity contribution in [2.24, 2.45) is 17.8 Å². The summed E-state index contributed by atoms with van der Waals surface area (Å²) in [6.45, 7) is 10.9. The third-order valence-electron chi connectivity index (χ3n) is 3.55. The average molecular weight is 215 g/mol. The van der Waals surface area contributed by atoms with Crippen LogP contribution < -0.4 is 0 Å². The van der Waals surface area contributed by atoms with Gasteiger partial charge in [-0.2, -0.15) is 12.6 Å². The number of likely N-dealkylation sites (tertiary alicyclic amines) is 1. The molecule has 1 heterocycles. The monoisotopic (exact) mass is 215 g/mol. The molecule has 1 atom stereocenters. The van der Waals surface area contributed by atoms with Crippen molar-refractivity contribution in [1.82, 2.24) is 4.90 Å². The largest absolute Gasteiger partial charge is 0.303 e. The minimum atomic E-state index is 0.770. The maximum atomic E-state index is 4.45. The molecule has 0 amide bonds. The van der Waals surface area contributed by atoms with Crippen LogP contribution in [-0.4, -0.2) is 30.3 Å². The van der Waals surface area contributed by atoms with Crippen molar-refractivity contribution in [3.63, 3.8) is 0 Å². The van der Waals surface area contributed by atoms with Crippen LogP contribution in [0.2, 0.25) is 0 Å². The summed E-state index contributed by atoms with van der Waals surface area (Å²) in [7, 11) is 0. The van der Waals surface area contributed by atoms with Crippen LogP contribution in [0.1, 0.15) is 33.6 Å². The van der Waals surface area contributed by atoms with Gasteiger partial charge < -0.3 is 4.90 Å². The summed E-state index contributed by atoms with van der Waals surface area (Å²) in [5, 5.41) is 0. The molecule has 0 saturated carbocycles. The fraction of sp³-hybridized carbons (Fsp3) is 1.00. The van der Waals surface area contributed by atoms with Crippen molar-refractivity contribution in [3.8, 4) is 0 Å². The molecule has 0 N–H and O–H groups in total. The molecule has 1 unspecified atom stereocenters. The summed E-state index contributed by atoms with van der Waals surface area (Å²) in [5.74, 6) is 3.52. The minimum Gasteiger partial charge on any atom is -0.303 e. The van der Waals surface area contributed by atoms with Gasteiger partial charge in [0.05, 0.1) is 0 Å². The van der Waals surface area contributed by atoms with Crippen LogP contribution in [0.3, 0.4) is 0 Å². The Kier molecular flexibility index (Phi) is 5.32. The topological polar surface area (TPSA) is 3.24 Å². The summed E-state index contributed by atoms with van der Waals surface area (Å²) in [6, 6.07) is 0. The van der Waals surface area contributed by atoms with Gasteiger partial charge in [0.15, 0.2) is 0 Å². The number of hydrogen-bond donors (Lipinski definition) is 1. The third-order valence-corrected chi connectivity index (χ3v) is 4.02. The van der Waals surface area contributed by atoms with E-state index in [1.54, 1.807) is 0 Å². The van der Waals surface area contributed by atoms with E-state index in [2.05, 4.69) is 38.3 Å². The highest BCUT2D eigenvalue weighted by Gasteiger charge is 2.20. The van der Waals surface area contributed by atoms with Crippen LogP contribution in [0.25, 0.3) is 0 Å². The summed E-state index contributed by atoms with van der Waals surface area (Å²) in [5.41, 5.74) is 0. The van der Waals surface area contributed by atoms with Gasteiger partial charge in [-0.1, -0.05) is 20.8 Å². The first-order valence-electron chi connectivity index (χ1n) is 5.96. The number of hydrogen-bond acceptors (Lipinski definition) is 2. The van der Waals surface area contributed by atoms with Crippen molar-refractivity contribution in [2.45, 2.75) is 33.6 Å². The van der Waals surface area contributed by atoms with E-state index in [0.29, 0.717) is 0 Å². The summed E-state index contributed by atoms with van der Waals surface area (Å²) < 4.78 is 0. The zero-order valence-electron chi connectivity index (χ0n) is 9.87. The molecule has 0 aromatic carbocycles. The van der Waals surface area contributed by atoms with Crippen LogP contribution in [0.5, 0.6) is 0 Å². The molecule has 1 nitrogen and oxygen atoms in total.